The third-order valence-corrected chi connectivity index (χ3v) is 4.38. The van der Waals surface area contributed by atoms with Gasteiger partial charge in [0.05, 0.1) is 15.2 Å². The van der Waals surface area contributed by atoms with Crippen molar-refractivity contribution in [2.24, 2.45) is 0 Å². The Morgan fingerprint density at radius 1 is 1.30 bits per heavy atom. The number of hydrogen-bond acceptors (Lipinski definition) is 5. The topological polar surface area (TPSA) is 51.0 Å². The molecule has 0 aliphatic heterocycles. The number of halogens is 2. The standard InChI is InChI=1S/C13H9BrClN3OS/c14-11-5-4-10(20-11)13-17-12(19-18-13)7-16-9-3-1-2-8(15)6-9/h1-6,16H,7H2. The van der Waals surface area contributed by atoms with Crippen molar-refractivity contribution in [3.63, 3.8) is 0 Å². The maximum absolute atomic E-state index is 5.92. The van der Waals surface area contributed by atoms with Crippen molar-refractivity contribution < 1.29 is 4.52 Å². The van der Waals surface area contributed by atoms with Crippen molar-refractivity contribution in [1.82, 2.24) is 10.1 Å². The predicted octanol–water partition coefficient (Wildman–Crippen LogP) is 4.83. The van der Waals surface area contributed by atoms with Crippen LogP contribution in [0.2, 0.25) is 5.02 Å². The second kappa shape index (κ2) is 5.95. The van der Waals surface area contributed by atoms with Gasteiger partial charge in [0, 0.05) is 10.7 Å². The van der Waals surface area contributed by atoms with Crippen LogP contribution >= 0.6 is 38.9 Å². The Labute approximate surface area is 132 Å². The molecule has 1 N–H and O–H groups in total. The van der Waals surface area contributed by atoms with E-state index in [1.807, 2.05) is 36.4 Å². The Balaban J connectivity index is 1.68. The zero-order valence-corrected chi connectivity index (χ0v) is 13.3. The molecule has 102 valence electrons. The summed E-state index contributed by atoms with van der Waals surface area (Å²) in [5.74, 6) is 1.13. The second-order valence-electron chi connectivity index (χ2n) is 3.98. The molecule has 4 nitrogen and oxygen atoms in total. The summed E-state index contributed by atoms with van der Waals surface area (Å²) in [5, 5.41) is 7.84. The minimum Gasteiger partial charge on any atom is -0.376 e. The van der Waals surface area contributed by atoms with E-state index in [4.69, 9.17) is 16.1 Å². The summed E-state index contributed by atoms with van der Waals surface area (Å²) >= 11 is 10.9. The summed E-state index contributed by atoms with van der Waals surface area (Å²) in [5.41, 5.74) is 0.913. The zero-order valence-electron chi connectivity index (χ0n) is 10.1. The van der Waals surface area contributed by atoms with Gasteiger partial charge >= 0.3 is 0 Å². The minimum atomic E-state index is 0.458. The first-order valence-corrected chi connectivity index (χ1v) is 7.77. The van der Waals surface area contributed by atoms with E-state index in [1.54, 1.807) is 11.3 Å². The zero-order chi connectivity index (χ0) is 13.9. The van der Waals surface area contributed by atoms with Gasteiger partial charge in [-0.05, 0) is 46.3 Å². The summed E-state index contributed by atoms with van der Waals surface area (Å²) in [4.78, 5) is 5.31. The Hall–Kier alpha value is -1.37. The van der Waals surface area contributed by atoms with E-state index in [0.717, 1.165) is 14.4 Å². The van der Waals surface area contributed by atoms with Crippen LogP contribution in [0.4, 0.5) is 5.69 Å². The number of benzene rings is 1. The average molecular weight is 371 g/mol. The van der Waals surface area contributed by atoms with Crippen LogP contribution in [0.15, 0.2) is 44.7 Å². The molecule has 3 rings (SSSR count). The van der Waals surface area contributed by atoms with E-state index >= 15 is 0 Å². The number of nitrogens with zero attached hydrogens (tertiary/aromatic N) is 2. The van der Waals surface area contributed by atoms with Crippen LogP contribution in [0.5, 0.6) is 0 Å². The molecule has 20 heavy (non-hydrogen) atoms. The van der Waals surface area contributed by atoms with Gasteiger partial charge in [-0.25, -0.2) is 0 Å². The third kappa shape index (κ3) is 3.20. The van der Waals surface area contributed by atoms with Gasteiger partial charge in [-0.15, -0.1) is 11.3 Å². The molecular weight excluding hydrogens is 362 g/mol. The number of hydrogen-bond donors (Lipinski definition) is 1. The molecular formula is C13H9BrClN3OS. The van der Waals surface area contributed by atoms with Crippen LogP contribution in [0.25, 0.3) is 10.7 Å². The van der Waals surface area contributed by atoms with E-state index in [1.165, 1.54) is 0 Å². The fourth-order valence-electron chi connectivity index (χ4n) is 1.64. The maximum atomic E-state index is 5.92. The molecule has 7 heteroatoms. The van der Waals surface area contributed by atoms with Crippen molar-refractivity contribution in [3.8, 4) is 10.7 Å². The molecule has 2 heterocycles. The first-order valence-electron chi connectivity index (χ1n) is 5.78. The molecule has 0 unspecified atom stereocenters. The van der Waals surface area contributed by atoms with Gasteiger partial charge in [-0.1, -0.05) is 22.8 Å². The van der Waals surface area contributed by atoms with Gasteiger partial charge in [-0.2, -0.15) is 4.98 Å². The molecule has 0 radical (unpaired) electrons. The number of rotatable bonds is 4. The lowest BCUT2D eigenvalue weighted by molar-refractivity contribution is 0.384. The lowest BCUT2D eigenvalue weighted by Gasteiger charge is -2.02. The van der Waals surface area contributed by atoms with E-state index in [9.17, 15) is 0 Å². The van der Waals surface area contributed by atoms with Gasteiger partial charge < -0.3 is 9.84 Å². The lowest BCUT2D eigenvalue weighted by atomic mass is 10.3. The van der Waals surface area contributed by atoms with Crippen molar-refractivity contribution in [1.29, 1.82) is 0 Å². The van der Waals surface area contributed by atoms with Crippen LogP contribution < -0.4 is 5.32 Å². The molecule has 0 aliphatic rings. The SMILES string of the molecule is Clc1cccc(NCc2nc(-c3ccc(Br)s3)no2)c1. The van der Waals surface area contributed by atoms with Crippen LogP contribution in [0.1, 0.15) is 5.89 Å². The van der Waals surface area contributed by atoms with Crippen molar-refractivity contribution in [2.75, 3.05) is 5.32 Å². The summed E-state index contributed by atoms with van der Waals surface area (Å²) in [6, 6.07) is 11.4. The van der Waals surface area contributed by atoms with Crippen molar-refractivity contribution >= 4 is 44.6 Å². The molecule has 0 fully saturated rings. The highest BCUT2D eigenvalue weighted by atomic mass is 79.9. The van der Waals surface area contributed by atoms with E-state index in [2.05, 4.69) is 31.4 Å². The van der Waals surface area contributed by atoms with Crippen LogP contribution in [-0.4, -0.2) is 10.1 Å². The Bertz CT molecular complexity index is 728. The summed E-state index contributed by atoms with van der Waals surface area (Å²) in [7, 11) is 0. The molecule has 0 saturated carbocycles. The predicted molar refractivity (Wildman–Crippen MR) is 84.1 cm³/mol. The quantitative estimate of drug-likeness (QED) is 0.715. The second-order valence-corrected chi connectivity index (χ2v) is 6.88. The highest BCUT2D eigenvalue weighted by Crippen LogP contribution is 2.29. The maximum Gasteiger partial charge on any atom is 0.246 e. The molecule has 0 bridgehead atoms. The summed E-state index contributed by atoms with van der Waals surface area (Å²) in [6.07, 6.45) is 0. The lowest BCUT2D eigenvalue weighted by Crippen LogP contribution is -1.99. The molecule has 2 aromatic heterocycles. The fraction of sp³-hybridized carbons (Fsp3) is 0.0769. The van der Waals surface area contributed by atoms with Gasteiger partial charge in [0.2, 0.25) is 11.7 Å². The summed E-state index contributed by atoms with van der Waals surface area (Å²) in [6.45, 7) is 0.458. The molecule has 0 aliphatic carbocycles. The van der Waals surface area contributed by atoms with Gasteiger partial charge in [0.1, 0.15) is 0 Å². The first-order chi connectivity index (χ1) is 9.70. The van der Waals surface area contributed by atoms with Crippen molar-refractivity contribution in [2.45, 2.75) is 6.54 Å². The highest BCUT2D eigenvalue weighted by molar-refractivity contribution is 9.11. The monoisotopic (exact) mass is 369 g/mol. The smallest absolute Gasteiger partial charge is 0.246 e. The van der Waals surface area contributed by atoms with Crippen LogP contribution in [0, 0.1) is 0 Å². The largest absolute Gasteiger partial charge is 0.376 e. The Morgan fingerprint density at radius 2 is 2.20 bits per heavy atom. The molecule has 0 atom stereocenters. The minimum absolute atomic E-state index is 0.458. The van der Waals surface area contributed by atoms with Gasteiger partial charge in [0.25, 0.3) is 0 Å². The Kier molecular flexibility index (Phi) is 4.05. The first kappa shape index (κ1) is 13.6. The molecule has 0 saturated heterocycles. The number of aromatic nitrogens is 2. The third-order valence-electron chi connectivity index (χ3n) is 2.53. The number of thiophene rings is 1. The fourth-order valence-corrected chi connectivity index (χ4v) is 3.14. The van der Waals surface area contributed by atoms with Crippen LogP contribution in [-0.2, 0) is 6.54 Å². The van der Waals surface area contributed by atoms with Gasteiger partial charge in [0.15, 0.2) is 0 Å². The number of anilines is 1. The Morgan fingerprint density at radius 3 is 2.95 bits per heavy atom. The van der Waals surface area contributed by atoms with Crippen LogP contribution in [0.3, 0.4) is 0 Å². The molecule has 0 spiro atoms. The molecule has 1 aromatic carbocycles. The summed E-state index contributed by atoms with van der Waals surface area (Å²) < 4.78 is 6.25. The van der Waals surface area contributed by atoms with Crippen molar-refractivity contribution in [3.05, 3.63) is 51.1 Å². The normalized spacial score (nSPS) is 10.7. The molecule has 0 amide bonds. The van der Waals surface area contributed by atoms with E-state index < -0.39 is 0 Å². The van der Waals surface area contributed by atoms with E-state index in [-0.39, 0.29) is 0 Å². The average Bonchev–Trinajstić information content (AvgIpc) is 3.05. The number of nitrogens with one attached hydrogen (secondary N) is 1. The highest BCUT2D eigenvalue weighted by Gasteiger charge is 2.10. The molecule has 3 aromatic rings. The van der Waals surface area contributed by atoms with E-state index in [0.29, 0.717) is 23.3 Å². The van der Waals surface area contributed by atoms with Gasteiger partial charge in [-0.3, -0.25) is 0 Å².